The smallest absolute Gasteiger partial charge is 0.395 e. The van der Waals surface area contributed by atoms with E-state index in [1.165, 1.54) is 0 Å². The number of halogens is 3. The van der Waals surface area contributed by atoms with Crippen LogP contribution in [0.25, 0.3) is 22.2 Å². The summed E-state index contributed by atoms with van der Waals surface area (Å²) in [5.41, 5.74) is 6.64. The summed E-state index contributed by atoms with van der Waals surface area (Å²) in [7, 11) is 0. The van der Waals surface area contributed by atoms with Gasteiger partial charge in [-0.2, -0.15) is 13.2 Å². The van der Waals surface area contributed by atoms with Gasteiger partial charge in [0.15, 0.2) is 0 Å². The highest BCUT2D eigenvalue weighted by Crippen LogP contribution is 2.31. The predicted octanol–water partition coefficient (Wildman–Crippen LogP) is 5.73. The summed E-state index contributed by atoms with van der Waals surface area (Å²) >= 11 is 1.64. The van der Waals surface area contributed by atoms with Crippen LogP contribution in [0.15, 0.2) is 76.3 Å². The molecule has 0 bridgehead atoms. The molecule has 0 aliphatic rings. The molecular weight excluding hydrogens is 371 g/mol. The van der Waals surface area contributed by atoms with E-state index in [4.69, 9.17) is 5.73 Å². The number of aromatic nitrogens is 1. The van der Waals surface area contributed by atoms with Gasteiger partial charge in [0.1, 0.15) is 5.70 Å². The van der Waals surface area contributed by atoms with E-state index in [0.29, 0.717) is 16.9 Å². The molecule has 1 heterocycles. The molecule has 138 valence electrons. The first-order valence-corrected chi connectivity index (χ1v) is 9.22. The molecule has 0 unspecified atom stereocenters. The van der Waals surface area contributed by atoms with Crippen molar-refractivity contribution in [1.82, 2.24) is 4.98 Å². The molecule has 27 heavy (non-hydrogen) atoms. The highest BCUT2D eigenvalue weighted by molar-refractivity contribution is 7.98. The van der Waals surface area contributed by atoms with Gasteiger partial charge in [-0.15, -0.1) is 11.8 Å². The quantitative estimate of drug-likeness (QED) is 0.459. The molecule has 1 aromatic heterocycles. The minimum absolute atomic E-state index is 0.524. The number of rotatable bonds is 4. The molecule has 7 heteroatoms. The SMILES string of the molecule is CSc1ccc(-c2cc(N=CC=C(N)C(F)(F)F)c3ccccc3n2)cc1. The number of nitrogens with zero attached hydrogens (tertiary/aromatic N) is 2. The van der Waals surface area contributed by atoms with Crippen LogP contribution in [0.3, 0.4) is 0 Å². The van der Waals surface area contributed by atoms with E-state index in [0.717, 1.165) is 28.1 Å². The van der Waals surface area contributed by atoms with Crippen molar-refractivity contribution in [3.05, 3.63) is 66.4 Å². The molecule has 0 atom stereocenters. The third kappa shape index (κ3) is 4.49. The van der Waals surface area contributed by atoms with Crippen molar-refractivity contribution in [2.75, 3.05) is 6.26 Å². The van der Waals surface area contributed by atoms with E-state index in [1.807, 2.05) is 54.8 Å². The predicted molar refractivity (Wildman–Crippen MR) is 105 cm³/mol. The summed E-state index contributed by atoms with van der Waals surface area (Å²) < 4.78 is 37.5. The largest absolute Gasteiger partial charge is 0.430 e. The second-order valence-electron chi connectivity index (χ2n) is 5.67. The Morgan fingerprint density at radius 1 is 1.11 bits per heavy atom. The molecule has 0 radical (unpaired) electrons. The van der Waals surface area contributed by atoms with E-state index < -0.39 is 11.9 Å². The van der Waals surface area contributed by atoms with Crippen molar-refractivity contribution in [3.8, 4) is 11.3 Å². The normalized spacial score (nSPS) is 12.8. The number of fused-ring (bicyclic) bond motifs is 1. The van der Waals surface area contributed by atoms with E-state index in [9.17, 15) is 13.2 Å². The van der Waals surface area contributed by atoms with Crippen molar-refractivity contribution >= 4 is 34.6 Å². The monoisotopic (exact) mass is 387 g/mol. The number of hydrogen-bond acceptors (Lipinski definition) is 4. The van der Waals surface area contributed by atoms with Crippen LogP contribution in [0.5, 0.6) is 0 Å². The van der Waals surface area contributed by atoms with Crippen LogP contribution in [0.4, 0.5) is 18.9 Å². The topological polar surface area (TPSA) is 51.3 Å². The average molecular weight is 387 g/mol. The van der Waals surface area contributed by atoms with E-state index in [-0.39, 0.29) is 0 Å². The second-order valence-corrected chi connectivity index (χ2v) is 6.55. The molecule has 0 saturated carbocycles. The zero-order valence-electron chi connectivity index (χ0n) is 14.4. The molecule has 3 nitrogen and oxygen atoms in total. The maximum absolute atomic E-state index is 12.5. The summed E-state index contributed by atoms with van der Waals surface area (Å²) in [6.07, 6.45) is -0.764. The Morgan fingerprint density at radius 2 is 1.81 bits per heavy atom. The van der Waals surface area contributed by atoms with Crippen LogP contribution < -0.4 is 5.73 Å². The Hall–Kier alpha value is -2.80. The number of nitrogens with two attached hydrogens (primary N) is 1. The lowest BCUT2D eigenvalue weighted by atomic mass is 10.1. The Kier molecular flexibility index (Phi) is 5.51. The molecule has 0 saturated heterocycles. The summed E-state index contributed by atoms with van der Waals surface area (Å²) in [6.45, 7) is 0. The molecule has 3 rings (SSSR count). The maximum Gasteiger partial charge on any atom is 0.430 e. The Bertz CT molecular complexity index is 1010. The lowest BCUT2D eigenvalue weighted by Gasteiger charge is -2.07. The van der Waals surface area contributed by atoms with Gasteiger partial charge in [0.2, 0.25) is 0 Å². The number of benzene rings is 2. The first-order chi connectivity index (χ1) is 12.9. The minimum atomic E-state index is -4.57. The fraction of sp³-hybridized carbons (Fsp3) is 0.100. The van der Waals surface area contributed by atoms with Gasteiger partial charge in [0.05, 0.1) is 16.9 Å². The Labute approximate surface area is 158 Å². The number of alkyl halides is 3. The molecule has 0 amide bonds. The molecule has 0 aliphatic heterocycles. The van der Waals surface area contributed by atoms with Crippen molar-refractivity contribution in [1.29, 1.82) is 0 Å². The Balaban J connectivity index is 2.05. The summed E-state index contributed by atoms with van der Waals surface area (Å²) in [6, 6.07) is 17.0. The zero-order valence-corrected chi connectivity index (χ0v) is 15.2. The van der Waals surface area contributed by atoms with Gasteiger partial charge in [0.25, 0.3) is 0 Å². The van der Waals surface area contributed by atoms with Crippen LogP contribution in [0.2, 0.25) is 0 Å². The summed E-state index contributed by atoms with van der Waals surface area (Å²) in [4.78, 5) is 9.96. The molecule has 2 N–H and O–H groups in total. The van der Waals surface area contributed by atoms with E-state index in [2.05, 4.69) is 9.98 Å². The number of para-hydroxylation sites is 1. The summed E-state index contributed by atoms with van der Waals surface area (Å²) in [5, 5.41) is 0.747. The second kappa shape index (κ2) is 7.84. The molecule has 0 spiro atoms. The number of thioether (sulfide) groups is 1. The van der Waals surface area contributed by atoms with Crippen molar-refractivity contribution in [2.45, 2.75) is 11.1 Å². The number of pyridine rings is 1. The number of hydrogen-bond donors (Lipinski definition) is 1. The molecule has 0 fully saturated rings. The maximum atomic E-state index is 12.5. The van der Waals surface area contributed by atoms with Gasteiger partial charge in [-0.3, -0.25) is 4.99 Å². The summed E-state index contributed by atoms with van der Waals surface area (Å²) in [5.74, 6) is 0. The highest BCUT2D eigenvalue weighted by Gasteiger charge is 2.30. The molecule has 2 aromatic carbocycles. The zero-order chi connectivity index (χ0) is 19.4. The Morgan fingerprint density at radius 3 is 2.48 bits per heavy atom. The van der Waals surface area contributed by atoms with Gasteiger partial charge < -0.3 is 5.73 Å². The van der Waals surface area contributed by atoms with Crippen LogP contribution in [0.1, 0.15) is 0 Å². The molecular formula is C20H16F3N3S. The fourth-order valence-electron chi connectivity index (χ4n) is 2.47. The van der Waals surface area contributed by atoms with Crippen molar-refractivity contribution < 1.29 is 13.2 Å². The van der Waals surface area contributed by atoms with Gasteiger partial charge in [-0.05, 0) is 36.6 Å². The minimum Gasteiger partial charge on any atom is -0.395 e. The third-order valence-corrected chi connectivity index (χ3v) is 4.62. The van der Waals surface area contributed by atoms with Gasteiger partial charge >= 0.3 is 6.18 Å². The van der Waals surface area contributed by atoms with E-state index in [1.54, 1.807) is 17.8 Å². The third-order valence-electron chi connectivity index (χ3n) is 3.88. The van der Waals surface area contributed by atoms with Gasteiger partial charge in [-0.1, -0.05) is 30.3 Å². The lowest BCUT2D eigenvalue weighted by molar-refractivity contribution is -0.0925. The first-order valence-electron chi connectivity index (χ1n) is 8.00. The first kappa shape index (κ1) is 19.0. The van der Waals surface area contributed by atoms with Crippen LogP contribution >= 0.6 is 11.8 Å². The van der Waals surface area contributed by atoms with Crippen LogP contribution in [0, 0.1) is 0 Å². The molecule has 0 aliphatic carbocycles. The standard InChI is InChI=1S/C20H16F3N3S/c1-27-14-8-6-13(7-9-14)17-12-18(15-4-2-3-5-16(15)26-17)25-11-10-19(24)20(21,22)23/h2-12H,24H2,1H3. The van der Waals surface area contributed by atoms with Gasteiger partial charge in [0, 0.05) is 22.1 Å². The van der Waals surface area contributed by atoms with Crippen LogP contribution in [-0.4, -0.2) is 23.6 Å². The lowest BCUT2D eigenvalue weighted by Crippen LogP contribution is -2.19. The number of aliphatic imine (C=N–C) groups is 1. The van der Waals surface area contributed by atoms with Gasteiger partial charge in [-0.25, -0.2) is 4.98 Å². The fourth-order valence-corrected chi connectivity index (χ4v) is 2.87. The average Bonchev–Trinajstić information content (AvgIpc) is 2.67. The highest BCUT2D eigenvalue weighted by atomic mass is 32.2. The molecule has 3 aromatic rings. The van der Waals surface area contributed by atoms with E-state index >= 15 is 0 Å². The van der Waals surface area contributed by atoms with Crippen LogP contribution in [-0.2, 0) is 0 Å². The van der Waals surface area contributed by atoms with Crippen molar-refractivity contribution in [3.63, 3.8) is 0 Å². The number of allylic oxidation sites excluding steroid dienone is 2. The van der Waals surface area contributed by atoms with Crippen molar-refractivity contribution in [2.24, 2.45) is 10.7 Å².